The van der Waals surface area contributed by atoms with Gasteiger partial charge in [0.25, 0.3) is 0 Å². The van der Waals surface area contributed by atoms with E-state index < -0.39 is 16.4 Å². The van der Waals surface area contributed by atoms with Gasteiger partial charge in [0.2, 0.25) is 0 Å². The number of hydrogen-bond acceptors (Lipinski definition) is 5. The van der Waals surface area contributed by atoms with Crippen molar-refractivity contribution >= 4 is 9.84 Å². The van der Waals surface area contributed by atoms with E-state index >= 15 is 0 Å². The van der Waals surface area contributed by atoms with Crippen LogP contribution in [0, 0.1) is 0 Å². The average molecular weight is 246 g/mol. The van der Waals surface area contributed by atoms with Crippen molar-refractivity contribution in [3.05, 3.63) is 17.7 Å². The molecule has 0 aliphatic rings. The lowest BCUT2D eigenvalue weighted by Crippen LogP contribution is -2.07. The number of hydrogen-bond donors (Lipinski definition) is 1. The summed E-state index contributed by atoms with van der Waals surface area (Å²) in [5, 5.41) is 9.21. The Hall–Kier alpha value is -1.27. The van der Waals surface area contributed by atoms with Crippen molar-refractivity contribution in [2.24, 2.45) is 0 Å². The summed E-state index contributed by atoms with van der Waals surface area (Å²) in [5.74, 6) is 0.524. The zero-order valence-corrected chi connectivity index (χ0v) is 10.2. The summed E-state index contributed by atoms with van der Waals surface area (Å²) >= 11 is 0. The predicted octanol–water partition coefficient (Wildman–Crippen LogP) is 0.600. The van der Waals surface area contributed by atoms with Crippen molar-refractivity contribution in [1.29, 1.82) is 0 Å². The lowest BCUT2D eigenvalue weighted by atomic mass is 10.2. The number of sulfone groups is 1. The van der Waals surface area contributed by atoms with Crippen LogP contribution in [-0.4, -0.2) is 34.0 Å². The van der Waals surface area contributed by atoms with Gasteiger partial charge in [0, 0.05) is 11.8 Å². The first kappa shape index (κ1) is 12.8. The minimum absolute atomic E-state index is 0.0307. The Kier molecular flexibility index (Phi) is 3.77. The minimum Gasteiger partial charge on any atom is -0.496 e. The molecule has 0 spiro atoms. The van der Waals surface area contributed by atoms with Gasteiger partial charge in [-0.3, -0.25) is 0 Å². The van der Waals surface area contributed by atoms with Crippen LogP contribution in [0.5, 0.6) is 11.5 Å². The molecule has 0 heterocycles. The summed E-state index contributed by atoms with van der Waals surface area (Å²) in [4.78, 5) is -0.0307. The molecule has 90 valence electrons. The van der Waals surface area contributed by atoms with E-state index in [4.69, 9.17) is 9.47 Å². The maximum absolute atomic E-state index is 11.6. The van der Waals surface area contributed by atoms with Gasteiger partial charge in [0.15, 0.2) is 9.84 Å². The number of ether oxygens (including phenoxy) is 2. The van der Waals surface area contributed by atoms with E-state index in [0.717, 1.165) is 6.26 Å². The van der Waals surface area contributed by atoms with E-state index in [0.29, 0.717) is 5.75 Å². The number of rotatable bonds is 4. The van der Waals surface area contributed by atoms with Gasteiger partial charge in [-0.2, -0.15) is 0 Å². The monoisotopic (exact) mass is 246 g/mol. The molecular formula is C10H14O5S. The standard InChI is InChI=1S/C10H14O5S/c1-14-8-4-5-9(15-2)10(7(8)6-11)16(3,12)13/h4-5,11H,6H2,1-3H3. The van der Waals surface area contributed by atoms with Crippen LogP contribution < -0.4 is 9.47 Å². The largest absolute Gasteiger partial charge is 0.496 e. The summed E-state index contributed by atoms with van der Waals surface area (Å²) in [6.45, 7) is -0.428. The fourth-order valence-corrected chi connectivity index (χ4v) is 2.63. The maximum Gasteiger partial charge on any atom is 0.179 e. The van der Waals surface area contributed by atoms with E-state index in [9.17, 15) is 13.5 Å². The normalized spacial score (nSPS) is 11.2. The summed E-state index contributed by atoms with van der Waals surface area (Å²) in [6, 6.07) is 3.05. The molecule has 0 saturated carbocycles. The number of benzene rings is 1. The molecule has 0 amide bonds. The Morgan fingerprint density at radius 2 is 1.69 bits per heavy atom. The van der Waals surface area contributed by atoms with E-state index in [1.54, 1.807) is 6.07 Å². The highest BCUT2D eigenvalue weighted by molar-refractivity contribution is 7.90. The molecular weight excluding hydrogens is 232 g/mol. The van der Waals surface area contributed by atoms with Crippen LogP contribution in [0.3, 0.4) is 0 Å². The van der Waals surface area contributed by atoms with Crippen molar-refractivity contribution < 1.29 is 23.0 Å². The SMILES string of the molecule is COc1ccc(OC)c(S(C)(=O)=O)c1CO. The van der Waals surface area contributed by atoms with Crippen LogP contribution in [0.2, 0.25) is 0 Å². The first-order valence-electron chi connectivity index (χ1n) is 4.50. The van der Waals surface area contributed by atoms with E-state index in [2.05, 4.69) is 0 Å². The molecule has 5 nitrogen and oxygen atoms in total. The molecule has 0 radical (unpaired) electrons. The second-order valence-electron chi connectivity index (χ2n) is 3.21. The fourth-order valence-electron chi connectivity index (χ4n) is 1.50. The topological polar surface area (TPSA) is 72.8 Å². The average Bonchev–Trinajstić information content (AvgIpc) is 2.25. The van der Waals surface area contributed by atoms with Gasteiger partial charge in [-0.1, -0.05) is 0 Å². The first-order valence-corrected chi connectivity index (χ1v) is 6.39. The van der Waals surface area contributed by atoms with Crippen molar-refractivity contribution in [3.8, 4) is 11.5 Å². The molecule has 1 N–H and O–H groups in total. The van der Waals surface area contributed by atoms with Crippen molar-refractivity contribution in [2.45, 2.75) is 11.5 Å². The Balaban J connectivity index is 3.63. The van der Waals surface area contributed by atoms with Crippen LogP contribution in [0.1, 0.15) is 5.56 Å². The zero-order valence-electron chi connectivity index (χ0n) is 9.35. The summed E-state index contributed by atoms with van der Waals surface area (Å²) in [7, 11) is -0.704. The van der Waals surface area contributed by atoms with Crippen LogP contribution >= 0.6 is 0 Å². The minimum atomic E-state index is -3.49. The molecule has 0 bridgehead atoms. The molecule has 6 heteroatoms. The van der Waals surface area contributed by atoms with Crippen molar-refractivity contribution in [1.82, 2.24) is 0 Å². The van der Waals surface area contributed by atoms with Crippen LogP contribution in [0.15, 0.2) is 17.0 Å². The fraction of sp³-hybridized carbons (Fsp3) is 0.400. The highest BCUT2D eigenvalue weighted by atomic mass is 32.2. The second kappa shape index (κ2) is 4.71. The molecule has 1 aromatic carbocycles. The summed E-state index contributed by atoms with van der Waals surface area (Å²) in [5.41, 5.74) is 0.212. The van der Waals surface area contributed by atoms with Crippen LogP contribution in [0.25, 0.3) is 0 Å². The summed E-state index contributed by atoms with van der Waals surface area (Å²) in [6.07, 6.45) is 1.06. The maximum atomic E-state index is 11.6. The first-order chi connectivity index (χ1) is 7.45. The molecule has 1 rings (SSSR count). The quantitative estimate of drug-likeness (QED) is 0.842. The third-order valence-electron chi connectivity index (χ3n) is 2.15. The van der Waals surface area contributed by atoms with Gasteiger partial charge >= 0.3 is 0 Å². The molecule has 0 fully saturated rings. The smallest absolute Gasteiger partial charge is 0.179 e. The van der Waals surface area contributed by atoms with E-state index in [1.807, 2.05) is 0 Å². The predicted molar refractivity (Wildman–Crippen MR) is 58.6 cm³/mol. The van der Waals surface area contributed by atoms with Crippen molar-refractivity contribution in [3.63, 3.8) is 0 Å². The zero-order chi connectivity index (χ0) is 12.3. The number of aliphatic hydroxyl groups is 1. The van der Waals surface area contributed by atoms with Gasteiger partial charge in [-0.05, 0) is 12.1 Å². The molecule has 16 heavy (non-hydrogen) atoms. The number of methoxy groups -OCH3 is 2. The highest BCUT2D eigenvalue weighted by Gasteiger charge is 2.22. The third kappa shape index (κ3) is 2.28. The molecule has 1 aromatic rings. The molecule has 0 aliphatic heterocycles. The lowest BCUT2D eigenvalue weighted by Gasteiger charge is -2.14. The molecule has 0 aromatic heterocycles. The molecule has 0 unspecified atom stereocenters. The molecule has 0 saturated heterocycles. The Morgan fingerprint density at radius 1 is 1.19 bits per heavy atom. The third-order valence-corrected chi connectivity index (χ3v) is 3.34. The Morgan fingerprint density at radius 3 is 2.06 bits per heavy atom. The van der Waals surface area contributed by atoms with Gasteiger partial charge < -0.3 is 14.6 Å². The van der Waals surface area contributed by atoms with Gasteiger partial charge in [-0.25, -0.2) is 8.42 Å². The molecule has 0 atom stereocenters. The van der Waals surface area contributed by atoms with Gasteiger partial charge in [0.1, 0.15) is 16.4 Å². The van der Waals surface area contributed by atoms with Crippen molar-refractivity contribution in [2.75, 3.05) is 20.5 Å². The summed E-state index contributed by atoms with van der Waals surface area (Å²) < 4.78 is 33.2. The van der Waals surface area contributed by atoms with Gasteiger partial charge in [-0.15, -0.1) is 0 Å². The van der Waals surface area contributed by atoms with Crippen LogP contribution in [-0.2, 0) is 16.4 Å². The Labute approximate surface area is 94.5 Å². The number of aliphatic hydroxyl groups excluding tert-OH is 1. The van der Waals surface area contributed by atoms with Gasteiger partial charge in [0.05, 0.1) is 20.8 Å². The molecule has 0 aliphatic carbocycles. The lowest BCUT2D eigenvalue weighted by molar-refractivity contribution is 0.268. The highest BCUT2D eigenvalue weighted by Crippen LogP contribution is 2.33. The Bertz CT molecular complexity index is 478. The van der Waals surface area contributed by atoms with E-state index in [1.165, 1.54) is 20.3 Å². The second-order valence-corrected chi connectivity index (χ2v) is 5.16. The van der Waals surface area contributed by atoms with Crippen LogP contribution in [0.4, 0.5) is 0 Å². The van der Waals surface area contributed by atoms with E-state index in [-0.39, 0.29) is 16.2 Å².